The third-order valence-corrected chi connectivity index (χ3v) is 5.32. The standard InChI is InChI=1S/C17H19NO4S/c1-3-15(13-6-9-16-17(10-13)22-11-21-16)18-23(19,20)14-7-4-12(2)5-8-14/h4-10,15,18H,3,11H2,1-2H3/t15-/m0/s1. The minimum atomic E-state index is -3.57. The van der Waals surface area contributed by atoms with Gasteiger partial charge >= 0.3 is 0 Å². The van der Waals surface area contributed by atoms with Gasteiger partial charge < -0.3 is 9.47 Å². The van der Waals surface area contributed by atoms with Crippen LogP contribution in [0.1, 0.15) is 30.5 Å². The molecular formula is C17H19NO4S. The molecule has 1 N–H and O–H groups in total. The lowest BCUT2D eigenvalue weighted by Gasteiger charge is -2.18. The van der Waals surface area contributed by atoms with Crippen molar-refractivity contribution in [3.05, 3.63) is 53.6 Å². The van der Waals surface area contributed by atoms with E-state index in [-0.39, 0.29) is 17.7 Å². The minimum Gasteiger partial charge on any atom is -0.454 e. The van der Waals surface area contributed by atoms with Crippen LogP contribution in [-0.2, 0) is 10.0 Å². The summed E-state index contributed by atoms with van der Waals surface area (Å²) in [6.45, 7) is 4.06. The summed E-state index contributed by atoms with van der Waals surface area (Å²) < 4.78 is 38.5. The summed E-state index contributed by atoms with van der Waals surface area (Å²) >= 11 is 0. The predicted octanol–water partition coefficient (Wildman–Crippen LogP) is 3.15. The van der Waals surface area contributed by atoms with Crippen LogP contribution >= 0.6 is 0 Å². The zero-order valence-electron chi connectivity index (χ0n) is 13.1. The monoisotopic (exact) mass is 333 g/mol. The molecule has 0 fully saturated rings. The Balaban J connectivity index is 1.85. The molecule has 0 radical (unpaired) electrons. The molecular weight excluding hydrogens is 314 g/mol. The van der Waals surface area contributed by atoms with Gasteiger partial charge in [-0.2, -0.15) is 0 Å². The van der Waals surface area contributed by atoms with Crippen LogP contribution in [0.15, 0.2) is 47.4 Å². The third-order valence-electron chi connectivity index (χ3n) is 3.84. The molecule has 23 heavy (non-hydrogen) atoms. The van der Waals surface area contributed by atoms with E-state index in [9.17, 15) is 8.42 Å². The normalized spacial score (nSPS) is 14.7. The fourth-order valence-corrected chi connectivity index (χ4v) is 3.80. The lowest BCUT2D eigenvalue weighted by Crippen LogP contribution is -2.28. The quantitative estimate of drug-likeness (QED) is 0.913. The van der Waals surface area contributed by atoms with Crippen molar-refractivity contribution in [2.24, 2.45) is 0 Å². The van der Waals surface area contributed by atoms with Gasteiger partial charge in [-0.05, 0) is 43.2 Å². The van der Waals surface area contributed by atoms with Crippen molar-refractivity contribution in [3.63, 3.8) is 0 Å². The Morgan fingerprint density at radius 3 is 2.48 bits per heavy atom. The Morgan fingerprint density at radius 1 is 1.09 bits per heavy atom. The van der Waals surface area contributed by atoms with E-state index >= 15 is 0 Å². The van der Waals surface area contributed by atoms with Crippen molar-refractivity contribution in [1.82, 2.24) is 4.72 Å². The predicted molar refractivity (Wildman–Crippen MR) is 87.1 cm³/mol. The number of fused-ring (bicyclic) bond motifs is 1. The number of nitrogens with one attached hydrogen (secondary N) is 1. The van der Waals surface area contributed by atoms with Gasteiger partial charge in [-0.25, -0.2) is 13.1 Å². The van der Waals surface area contributed by atoms with Crippen LogP contribution in [-0.4, -0.2) is 15.2 Å². The second-order valence-electron chi connectivity index (χ2n) is 5.51. The molecule has 0 saturated heterocycles. The number of hydrogen-bond acceptors (Lipinski definition) is 4. The fraction of sp³-hybridized carbons (Fsp3) is 0.294. The highest BCUT2D eigenvalue weighted by Crippen LogP contribution is 2.35. The van der Waals surface area contributed by atoms with E-state index < -0.39 is 10.0 Å². The average molecular weight is 333 g/mol. The van der Waals surface area contributed by atoms with Gasteiger partial charge in [0.25, 0.3) is 0 Å². The topological polar surface area (TPSA) is 64.6 Å². The molecule has 0 amide bonds. The Morgan fingerprint density at radius 2 is 1.78 bits per heavy atom. The molecule has 122 valence electrons. The van der Waals surface area contributed by atoms with Gasteiger partial charge in [0.15, 0.2) is 11.5 Å². The fourth-order valence-electron chi connectivity index (χ4n) is 2.49. The first-order valence-electron chi connectivity index (χ1n) is 7.48. The number of benzene rings is 2. The Labute approximate surface area is 136 Å². The first-order valence-corrected chi connectivity index (χ1v) is 8.96. The lowest BCUT2D eigenvalue weighted by molar-refractivity contribution is 0.174. The molecule has 2 aromatic carbocycles. The van der Waals surface area contributed by atoms with Gasteiger partial charge in [0.2, 0.25) is 16.8 Å². The highest BCUT2D eigenvalue weighted by atomic mass is 32.2. The Kier molecular flexibility index (Phi) is 4.28. The summed E-state index contributed by atoms with van der Waals surface area (Å²) in [7, 11) is -3.57. The molecule has 6 heteroatoms. The molecule has 1 heterocycles. The highest BCUT2D eigenvalue weighted by Gasteiger charge is 2.22. The van der Waals surface area contributed by atoms with Crippen LogP contribution in [0.25, 0.3) is 0 Å². The minimum absolute atomic E-state index is 0.199. The van der Waals surface area contributed by atoms with E-state index in [0.29, 0.717) is 17.9 Å². The van der Waals surface area contributed by atoms with Crippen molar-refractivity contribution in [3.8, 4) is 11.5 Å². The van der Waals surface area contributed by atoms with E-state index in [2.05, 4.69) is 4.72 Å². The molecule has 1 aliphatic heterocycles. The molecule has 0 bridgehead atoms. The summed E-state index contributed by atoms with van der Waals surface area (Å²) in [6, 6.07) is 12.0. The Bertz CT molecular complexity index is 800. The maximum atomic E-state index is 12.6. The molecule has 0 spiro atoms. The number of aryl methyl sites for hydroxylation is 1. The van der Waals surface area contributed by atoms with E-state index in [1.165, 1.54) is 0 Å². The van der Waals surface area contributed by atoms with Gasteiger partial charge in [0.1, 0.15) is 0 Å². The van der Waals surface area contributed by atoms with E-state index in [0.717, 1.165) is 11.1 Å². The summed E-state index contributed by atoms with van der Waals surface area (Å²) in [4.78, 5) is 0.266. The molecule has 5 nitrogen and oxygen atoms in total. The third kappa shape index (κ3) is 3.33. The molecule has 0 aromatic heterocycles. The van der Waals surface area contributed by atoms with Crippen LogP contribution in [0.2, 0.25) is 0 Å². The van der Waals surface area contributed by atoms with Crippen LogP contribution in [0.5, 0.6) is 11.5 Å². The van der Waals surface area contributed by atoms with Crippen LogP contribution in [0, 0.1) is 6.92 Å². The number of rotatable bonds is 5. The van der Waals surface area contributed by atoms with Crippen LogP contribution in [0.4, 0.5) is 0 Å². The number of sulfonamides is 1. The molecule has 2 aromatic rings. The first-order chi connectivity index (χ1) is 11.0. The van der Waals surface area contributed by atoms with Gasteiger partial charge in [-0.15, -0.1) is 0 Å². The molecule has 1 aliphatic rings. The highest BCUT2D eigenvalue weighted by molar-refractivity contribution is 7.89. The molecule has 0 aliphatic carbocycles. The van der Waals surface area contributed by atoms with Gasteiger partial charge in [0, 0.05) is 6.04 Å². The first kappa shape index (κ1) is 15.8. The van der Waals surface area contributed by atoms with Gasteiger partial charge in [-0.3, -0.25) is 0 Å². The zero-order chi connectivity index (χ0) is 16.4. The van der Waals surface area contributed by atoms with E-state index in [1.807, 2.05) is 26.0 Å². The summed E-state index contributed by atoms with van der Waals surface area (Å²) in [5.41, 5.74) is 1.87. The second-order valence-corrected chi connectivity index (χ2v) is 7.22. The number of ether oxygens (including phenoxy) is 2. The largest absolute Gasteiger partial charge is 0.454 e. The number of hydrogen-bond donors (Lipinski definition) is 1. The van der Waals surface area contributed by atoms with Crippen molar-refractivity contribution in [2.45, 2.75) is 31.2 Å². The molecule has 0 saturated carbocycles. The summed E-state index contributed by atoms with van der Waals surface area (Å²) in [6.07, 6.45) is 0.630. The van der Waals surface area contributed by atoms with Crippen molar-refractivity contribution in [2.75, 3.05) is 6.79 Å². The molecule has 3 rings (SSSR count). The average Bonchev–Trinajstić information content (AvgIpc) is 3.00. The molecule has 1 atom stereocenters. The Hall–Kier alpha value is -2.05. The second kappa shape index (κ2) is 6.22. The van der Waals surface area contributed by atoms with Gasteiger partial charge in [0.05, 0.1) is 4.90 Å². The lowest BCUT2D eigenvalue weighted by atomic mass is 10.1. The van der Waals surface area contributed by atoms with Crippen molar-refractivity contribution < 1.29 is 17.9 Å². The molecule has 0 unspecified atom stereocenters. The maximum Gasteiger partial charge on any atom is 0.241 e. The van der Waals surface area contributed by atoms with Crippen LogP contribution in [0.3, 0.4) is 0 Å². The maximum absolute atomic E-state index is 12.6. The van der Waals surface area contributed by atoms with Gasteiger partial charge in [-0.1, -0.05) is 30.7 Å². The van der Waals surface area contributed by atoms with E-state index in [4.69, 9.17) is 9.47 Å². The van der Waals surface area contributed by atoms with Crippen molar-refractivity contribution >= 4 is 10.0 Å². The van der Waals surface area contributed by atoms with E-state index in [1.54, 1.807) is 30.3 Å². The summed E-state index contributed by atoms with van der Waals surface area (Å²) in [5.74, 6) is 1.33. The SMILES string of the molecule is CC[C@H](NS(=O)(=O)c1ccc(C)cc1)c1ccc2c(c1)OCO2. The van der Waals surface area contributed by atoms with Crippen LogP contribution < -0.4 is 14.2 Å². The zero-order valence-corrected chi connectivity index (χ0v) is 13.9. The smallest absolute Gasteiger partial charge is 0.241 e. The summed E-state index contributed by atoms with van der Waals surface area (Å²) in [5, 5.41) is 0. The van der Waals surface area contributed by atoms with Crippen molar-refractivity contribution in [1.29, 1.82) is 0 Å².